The van der Waals surface area contributed by atoms with Crippen LogP contribution in [0.4, 0.5) is 0 Å². The van der Waals surface area contributed by atoms with Crippen LogP contribution in [0.15, 0.2) is 0 Å². The fourth-order valence-electron chi connectivity index (χ4n) is 0. The highest BCUT2D eigenvalue weighted by Crippen LogP contribution is 1.07. The van der Waals surface area contributed by atoms with E-state index in [0.717, 1.165) is 0 Å². The zero-order chi connectivity index (χ0) is 7.15. The van der Waals surface area contributed by atoms with Crippen molar-refractivity contribution < 1.29 is 25.3 Å². The van der Waals surface area contributed by atoms with Gasteiger partial charge in [-0.1, -0.05) is 0 Å². The Labute approximate surface area is 47.3 Å². The maximum atomic E-state index is 8.44. The van der Waals surface area contributed by atoms with Crippen molar-refractivity contribution in [3.8, 4) is 0 Å². The fraction of sp³-hybridized carbons (Fsp3) is 0. The van der Waals surface area contributed by atoms with Gasteiger partial charge < -0.3 is 0 Å². The Bertz CT molecular complexity index is 175. The molecule has 0 aliphatic carbocycles. The molecule has 0 aromatic carbocycles. The highest BCUT2D eigenvalue weighted by atomic mass is 32.2. The first-order chi connectivity index (χ1) is 3.46. The van der Waals surface area contributed by atoms with Crippen LogP contribution in [0.25, 0.3) is 0 Å². The van der Waals surface area contributed by atoms with Crippen molar-refractivity contribution in [1.82, 2.24) is 0 Å². The molecule has 0 heterocycles. The van der Waals surface area contributed by atoms with Gasteiger partial charge in [0.25, 0.3) is 0 Å². The van der Waals surface area contributed by atoms with Crippen LogP contribution in [-0.4, -0.2) is 25.3 Å². The summed E-state index contributed by atoms with van der Waals surface area (Å²) >= 11 is 0. The maximum absolute atomic E-state index is 8.44. The molecule has 0 rings (SSSR count). The number of hydrogen-bond acceptors (Lipinski definition) is 6. The molecule has 8 heavy (non-hydrogen) atoms. The minimum Gasteiger partial charge on any atom is -0.142 e. The summed E-state index contributed by atoms with van der Waals surface area (Å²) in [5.74, 6) is 0. The van der Waals surface area contributed by atoms with Crippen molar-refractivity contribution in [2.45, 2.75) is 0 Å². The lowest BCUT2D eigenvalue weighted by Crippen LogP contribution is -1.40. The Morgan fingerprint density at radius 3 is 0.500 bits per heavy atom. The molecule has 0 saturated heterocycles. The quantitative estimate of drug-likeness (QED) is 0.405. The van der Waals surface area contributed by atoms with Crippen LogP contribution < -0.4 is 0 Å². The average molecular weight is 160 g/mol. The molecule has 0 amide bonds. The number of hydrogen-bond donors (Lipinski definition) is 0. The van der Waals surface area contributed by atoms with E-state index in [9.17, 15) is 0 Å². The van der Waals surface area contributed by atoms with E-state index in [1.54, 1.807) is 0 Å². The predicted molar refractivity (Wildman–Crippen MR) is 19.4 cm³/mol. The SMILES string of the molecule is O=S(=O)=O.O=S(=O)=O. The molecule has 48 valence electrons. The zero-order valence-corrected chi connectivity index (χ0v) is 4.90. The van der Waals surface area contributed by atoms with Gasteiger partial charge in [0.15, 0.2) is 0 Å². The monoisotopic (exact) mass is 160 g/mol. The standard InChI is InChI=1S/2O3S/c2*1-4(2)3. The summed E-state index contributed by atoms with van der Waals surface area (Å²) in [6.45, 7) is 0. The van der Waals surface area contributed by atoms with Gasteiger partial charge in [0.2, 0.25) is 0 Å². The van der Waals surface area contributed by atoms with E-state index < -0.39 is 21.2 Å². The third-order valence-corrected chi connectivity index (χ3v) is 0. The first-order valence-corrected chi connectivity index (χ1v) is 3.00. The summed E-state index contributed by atoms with van der Waals surface area (Å²) in [5, 5.41) is 0. The van der Waals surface area contributed by atoms with Crippen molar-refractivity contribution in [2.75, 3.05) is 0 Å². The molecule has 0 N–H and O–H groups in total. The molecular formula is O6S2. The van der Waals surface area contributed by atoms with Gasteiger partial charge in [0, 0.05) is 0 Å². The van der Waals surface area contributed by atoms with E-state index in [1.165, 1.54) is 0 Å². The summed E-state index contributed by atoms with van der Waals surface area (Å²) < 4.78 is 50.7. The van der Waals surface area contributed by atoms with Crippen molar-refractivity contribution in [3.63, 3.8) is 0 Å². The van der Waals surface area contributed by atoms with Crippen molar-refractivity contribution in [1.29, 1.82) is 0 Å². The molecule has 0 bridgehead atoms. The van der Waals surface area contributed by atoms with E-state index >= 15 is 0 Å². The summed E-state index contributed by atoms with van der Waals surface area (Å²) in [5.41, 5.74) is 0. The van der Waals surface area contributed by atoms with Gasteiger partial charge in [-0.3, -0.25) is 0 Å². The van der Waals surface area contributed by atoms with Gasteiger partial charge in [0.1, 0.15) is 0 Å². The Hall–Kier alpha value is -0.760. The normalized spacial score (nSPS) is 6.00. The first-order valence-electron chi connectivity index (χ1n) is 1.00. The summed E-state index contributed by atoms with van der Waals surface area (Å²) in [4.78, 5) is 0. The molecule has 0 radical (unpaired) electrons. The molecule has 0 unspecified atom stereocenters. The molecule has 8 heteroatoms. The van der Waals surface area contributed by atoms with Crippen molar-refractivity contribution >= 4 is 21.2 Å². The van der Waals surface area contributed by atoms with Crippen molar-refractivity contribution in [2.24, 2.45) is 0 Å². The second-order valence-corrected chi connectivity index (χ2v) is 1.22. The lowest BCUT2D eigenvalue weighted by Gasteiger charge is -1.11. The second-order valence-electron chi connectivity index (χ2n) is 0.408. The molecule has 0 aliphatic rings. The first kappa shape index (κ1) is 10.3. The predicted octanol–water partition coefficient (Wildman–Crippen LogP) is -2.01. The van der Waals surface area contributed by atoms with Crippen LogP contribution in [0.3, 0.4) is 0 Å². The Morgan fingerprint density at radius 1 is 0.500 bits per heavy atom. The van der Waals surface area contributed by atoms with Crippen LogP contribution in [0.1, 0.15) is 0 Å². The topological polar surface area (TPSA) is 102 Å². The maximum Gasteiger partial charge on any atom is 0.425 e. The van der Waals surface area contributed by atoms with Crippen LogP contribution in [0.2, 0.25) is 0 Å². The second kappa shape index (κ2) is 6.24. The summed E-state index contributed by atoms with van der Waals surface area (Å²) in [6.07, 6.45) is 0. The van der Waals surface area contributed by atoms with Crippen LogP contribution in [-0.2, 0) is 21.2 Å². The highest BCUT2D eigenvalue weighted by molar-refractivity contribution is 7.59. The molecule has 0 aliphatic heterocycles. The van der Waals surface area contributed by atoms with Gasteiger partial charge >= 0.3 is 21.2 Å². The van der Waals surface area contributed by atoms with Crippen LogP contribution in [0, 0.1) is 0 Å². The smallest absolute Gasteiger partial charge is 0.142 e. The minimum absolute atomic E-state index is 3.11. The van der Waals surface area contributed by atoms with Gasteiger partial charge in [-0.25, -0.2) is 0 Å². The molecule has 0 aromatic rings. The fourth-order valence-corrected chi connectivity index (χ4v) is 0. The van der Waals surface area contributed by atoms with Crippen LogP contribution in [0.5, 0.6) is 0 Å². The van der Waals surface area contributed by atoms with Crippen molar-refractivity contribution in [3.05, 3.63) is 0 Å². The lowest BCUT2D eigenvalue weighted by molar-refractivity contribution is 0.557. The Morgan fingerprint density at radius 2 is 0.500 bits per heavy atom. The van der Waals surface area contributed by atoms with E-state index in [-0.39, 0.29) is 0 Å². The molecule has 0 fully saturated rings. The van der Waals surface area contributed by atoms with E-state index in [2.05, 4.69) is 0 Å². The van der Waals surface area contributed by atoms with Gasteiger partial charge in [-0.15, -0.1) is 25.3 Å². The molecule has 0 spiro atoms. The molecular weight excluding hydrogens is 160 g/mol. The van der Waals surface area contributed by atoms with E-state index in [0.29, 0.717) is 0 Å². The minimum atomic E-state index is -3.11. The summed E-state index contributed by atoms with van der Waals surface area (Å²) in [6, 6.07) is 0. The lowest BCUT2D eigenvalue weighted by atomic mass is 15.9. The van der Waals surface area contributed by atoms with Crippen LogP contribution >= 0.6 is 0 Å². The molecule has 0 saturated carbocycles. The highest BCUT2D eigenvalue weighted by Gasteiger charge is 1.40. The van der Waals surface area contributed by atoms with E-state index in [1.807, 2.05) is 0 Å². The molecule has 6 nitrogen and oxygen atoms in total. The zero-order valence-electron chi connectivity index (χ0n) is 3.27. The Kier molecular flexibility index (Phi) is 8.01. The molecule has 0 aromatic heterocycles. The van der Waals surface area contributed by atoms with E-state index in [4.69, 9.17) is 25.3 Å². The van der Waals surface area contributed by atoms with Gasteiger partial charge in [0.05, 0.1) is 0 Å². The third kappa shape index (κ3) is 163. The Balaban J connectivity index is 0. The van der Waals surface area contributed by atoms with Gasteiger partial charge in [-0.05, 0) is 0 Å². The molecule has 0 atom stereocenters. The summed E-state index contributed by atoms with van der Waals surface area (Å²) in [7, 11) is -6.22. The largest absolute Gasteiger partial charge is 0.425 e. The number of rotatable bonds is 0. The average Bonchev–Trinajstić information content (AvgIpc) is 1.25. The van der Waals surface area contributed by atoms with Gasteiger partial charge in [-0.2, -0.15) is 0 Å². The third-order valence-electron chi connectivity index (χ3n) is 0.